The molecule has 0 aliphatic heterocycles. The molecule has 0 amide bonds. The third-order valence-electron chi connectivity index (χ3n) is 2.57. The maximum Gasteiger partial charge on any atom is 0.470 e. The Morgan fingerprint density at radius 1 is 0.625 bits per heavy atom. The number of hydrogen-bond acceptors (Lipinski definition) is 1. The first kappa shape index (κ1) is 22.6. The Labute approximate surface area is 125 Å². The highest BCUT2D eigenvalue weighted by atomic mass is 19.4. The first-order chi connectivity index (χ1) is 10.3. The van der Waals surface area contributed by atoms with Crippen molar-refractivity contribution < 1.29 is 61.8 Å². The smallest absolute Gasteiger partial charge is 0.436 e. The molecule has 0 saturated carbocycles. The summed E-state index contributed by atoms with van der Waals surface area (Å²) >= 11 is 0. The van der Waals surface area contributed by atoms with Crippen molar-refractivity contribution >= 4 is 0 Å². The van der Waals surface area contributed by atoms with Gasteiger partial charge >= 0.3 is 36.0 Å². The Bertz CT molecular complexity index is 450. The molecule has 0 unspecified atom stereocenters. The number of ether oxygens (including phenoxy) is 1. The van der Waals surface area contributed by atoms with Crippen molar-refractivity contribution in [1.29, 1.82) is 0 Å². The maximum atomic E-state index is 13.1. The van der Waals surface area contributed by atoms with E-state index in [2.05, 4.69) is 11.3 Å². The van der Waals surface area contributed by atoms with Crippen LogP contribution in [0.4, 0.5) is 57.1 Å². The van der Waals surface area contributed by atoms with Crippen LogP contribution in [0.1, 0.15) is 12.8 Å². The highest BCUT2D eigenvalue weighted by Crippen LogP contribution is 2.58. The Hall–Kier alpha value is -1.37. The Morgan fingerprint density at radius 2 is 1.04 bits per heavy atom. The minimum Gasteiger partial charge on any atom is -0.436 e. The van der Waals surface area contributed by atoms with Crippen LogP contribution < -0.4 is 0 Å². The van der Waals surface area contributed by atoms with Gasteiger partial charge in [0.25, 0.3) is 0 Å². The molecule has 14 heteroatoms. The molecule has 144 valence electrons. The van der Waals surface area contributed by atoms with Gasteiger partial charge in [0.15, 0.2) is 0 Å². The summed E-state index contributed by atoms with van der Waals surface area (Å²) in [5.74, 6) is -28.3. The molecule has 1 nitrogen and oxygen atoms in total. The van der Waals surface area contributed by atoms with Gasteiger partial charge in [0.05, 0.1) is 6.26 Å². The van der Waals surface area contributed by atoms with Crippen LogP contribution in [0.5, 0.6) is 0 Å². The first-order valence-electron chi connectivity index (χ1n) is 5.51. The molecule has 0 aliphatic rings. The maximum absolute atomic E-state index is 13.1. The second kappa shape index (κ2) is 6.17. The van der Waals surface area contributed by atoms with Crippen LogP contribution >= 0.6 is 0 Å². The SMILES string of the molecule is C=COC(F)(F)C(F)(F)C(F)(F)C(F)(F)C(F)(F)CCC(F)(F)F. The monoisotopic (exact) mass is 390 g/mol. The van der Waals surface area contributed by atoms with Crippen LogP contribution in [0.3, 0.4) is 0 Å². The van der Waals surface area contributed by atoms with Gasteiger partial charge in [-0.15, -0.1) is 0 Å². The second-order valence-electron chi connectivity index (χ2n) is 4.34. The van der Waals surface area contributed by atoms with Gasteiger partial charge in [0.1, 0.15) is 0 Å². The Kier molecular flexibility index (Phi) is 5.82. The predicted molar refractivity (Wildman–Crippen MR) is 51.3 cm³/mol. The summed E-state index contributed by atoms with van der Waals surface area (Å²) in [5, 5.41) is 0. The molecule has 24 heavy (non-hydrogen) atoms. The fourth-order valence-corrected chi connectivity index (χ4v) is 1.24. The molecule has 0 atom stereocenters. The van der Waals surface area contributed by atoms with E-state index in [-0.39, 0.29) is 0 Å². The molecule has 0 fully saturated rings. The number of alkyl halides is 13. The van der Waals surface area contributed by atoms with Gasteiger partial charge in [-0.2, -0.15) is 57.1 Å². The summed E-state index contributed by atoms with van der Waals surface area (Å²) in [4.78, 5) is 0. The van der Waals surface area contributed by atoms with Crippen molar-refractivity contribution in [2.24, 2.45) is 0 Å². The summed E-state index contributed by atoms with van der Waals surface area (Å²) in [5.41, 5.74) is 0. The Balaban J connectivity index is 5.84. The molecule has 0 spiro atoms. The Morgan fingerprint density at radius 3 is 1.38 bits per heavy atom. The standard InChI is InChI=1S/C10H7F13O/c1-2-24-10(22,23)9(20,21)8(18,19)7(16,17)5(11,12)3-4-6(13,14)15/h2H,1,3-4H2. The van der Waals surface area contributed by atoms with Crippen molar-refractivity contribution in [3.63, 3.8) is 0 Å². The fourth-order valence-electron chi connectivity index (χ4n) is 1.24. The summed E-state index contributed by atoms with van der Waals surface area (Å²) in [7, 11) is 0. The van der Waals surface area contributed by atoms with Crippen molar-refractivity contribution in [2.45, 2.75) is 48.8 Å². The average Bonchev–Trinajstić information content (AvgIpc) is 2.34. The van der Waals surface area contributed by atoms with Gasteiger partial charge < -0.3 is 4.74 Å². The van der Waals surface area contributed by atoms with Crippen molar-refractivity contribution in [2.75, 3.05) is 0 Å². The number of rotatable bonds is 8. The highest BCUT2D eigenvalue weighted by molar-refractivity contribution is 5.06. The molecule has 0 aliphatic carbocycles. The predicted octanol–water partition coefficient (Wildman–Crippen LogP) is 5.62. The summed E-state index contributed by atoms with van der Waals surface area (Å²) in [6.07, 6.45) is -18.3. The van der Waals surface area contributed by atoms with Crippen LogP contribution in [0.2, 0.25) is 0 Å². The largest absolute Gasteiger partial charge is 0.470 e. The number of hydrogen-bond donors (Lipinski definition) is 0. The third-order valence-corrected chi connectivity index (χ3v) is 2.57. The second-order valence-corrected chi connectivity index (χ2v) is 4.34. The van der Waals surface area contributed by atoms with Crippen LogP contribution in [0.15, 0.2) is 12.8 Å². The van der Waals surface area contributed by atoms with E-state index in [9.17, 15) is 57.1 Å². The van der Waals surface area contributed by atoms with Gasteiger partial charge in [-0.25, -0.2) is 0 Å². The van der Waals surface area contributed by atoms with Crippen molar-refractivity contribution in [3.8, 4) is 0 Å². The average molecular weight is 390 g/mol. The minimum atomic E-state index is -7.47. The van der Waals surface area contributed by atoms with Crippen LogP contribution in [0.25, 0.3) is 0 Å². The van der Waals surface area contributed by atoms with E-state index in [0.717, 1.165) is 0 Å². The zero-order chi connectivity index (χ0) is 19.8. The molecular weight excluding hydrogens is 383 g/mol. The molecule has 0 heterocycles. The molecular formula is C10H7F13O. The van der Waals surface area contributed by atoms with Crippen LogP contribution in [0, 0.1) is 0 Å². The van der Waals surface area contributed by atoms with Gasteiger partial charge in [-0.1, -0.05) is 6.58 Å². The van der Waals surface area contributed by atoms with Crippen LogP contribution in [-0.2, 0) is 4.74 Å². The lowest BCUT2D eigenvalue weighted by molar-refractivity contribution is -0.438. The highest BCUT2D eigenvalue weighted by Gasteiger charge is 2.87. The molecule has 0 bridgehead atoms. The van der Waals surface area contributed by atoms with Crippen molar-refractivity contribution in [3.05, 3.63) is 12.8 Å². The quantitative estimate of drug-likeness (QED) is 0.386. The number of halogens is 13. The molecule has 0 aromatic heterocycles. The van der Waals surface area contributed by atoms with Crippen molar-refractivity contribution in [1.82, 2.24) is 0 Å². The normalized spacial score (nSPS) is 15.4. The summed E-state index contributed by atoms with van der Waals surface area (Å²) in [6.45, 7) is 2.27. The van der Waals surface area contributed by atoms with Gasteiger partial charge in [0.2, 0.25) is 0 Å². The first-order valence-corrected chi connectivity index (χ1v) is 5.51. The lowest BCUT2D eigenvalue weighted by atomic mass is 9.95. The molecule has 0 aromatic carbocycles. The minimum absolute atomic E-state index is 0.552. The van der Waals surface area contributed by atoms with Gasteiger partial charge in [-0.3, -0.25) is 0 Å². The fraction of sp³-hybridized carbons (Fsp3) is 0.800. The zero-order valence-electron chi connectivity index (χ0n) is 11.0. The molecule has 0 aromatic rings. The zero-order valence-corrected chi connectivity index (χ0v) is 11.0. The van der Waals surface area contributed by atoms with E-state index < -0.39 is 55.1 Å². The lowest BCUT2D eigenvalue weighted by Crippen LogP contribution is -2.67. The van der Waals surface area contributed by atoms with Gasteiger partial charge in [-0.05, 0) is 0 Å². The molecule has 0 radical (unpaired) electrons. The van der Waals surface area contributed by atoms with Crippen LogP contribution in [-0.4, -0.2) is 36.0 Å². The summed E-state index contributed by atoms with van der Waals surface area (Å²) in [6, 6.07) is 0. The molecule has 0 rings (SSSR count). The van der Waals surface area contributed by atoms with E-state index in [0.29, 0.717) is 0 Å². The van der Waals surface area contributed by atoms with E-state index in [1.165, 1.54) is 0 Å². The lowest BCUT2D eigenvalue weighted by Gasteiger charge is -2.38. The topological polar surface area (TPSA) is 9.23 Å². The molecule has 0 saturated heterocycles. The van der Waals surface area contributed by atoms with E-state index in [1.54, 1.807) is 0 Å². The summed E-state index contributed by atoms with van der Waals surface area (Å²) < 4.78 is 167. The van der Waals surface area contributed by atoms with E-state index in [1.807, 2.05) is 0 Å². The van der Waals surface area contributed by atoms with E-state index >= 15 is 0 Å². The van der Waals surface area contributed by atoms with Gasteiger partial charge in [0, 0.05) is 12.8 Å². The molecule has 0 N–H and O–H groups in total. The third kappa shape index (κ3) is 3.82. The van der Waals surface area contributed by atoms with E-state index in [4.69, 9.17) is 0 Å².